The number of nitrogens with two attached hydrogens (primary N) is 1. The van der Waals surface area contributed by atoms with Crippen molar-refractivity contribution in [1.29, 1.82) is 0 Å². The Hall–Kier alpha value is -2.96. The van der Waals surface area contributed by atoms with Gasteiger partial charge >= 0.3 is 0 Å². The van der Waals surface area contributed by atoms with Gasteiger partial charge in [-0.15, -0.1) is 0 Å². The lowest BCUT2D eigenvalue weighted by Gasteiger charge is -2.34. The van der Waals surface area contributed by atoms with Crippen LogP contribution in [0.15, 0.2) is 47.7 Å². The number of rotatable bonds is 3. The summed E-state index contributed by atoms with van der Waals surface area (Å²) >= 11 is 0. The summed E-state index contributed by atoms with van der Waals surface area (Å²) < 4.78 is 0. The van der Waals surface area contributed by atoms with E-state index >= 15 is 0 Å². The largest absolute Gasteiger partial charge is 0.368 e. The minimum atomic E-state index is -0.00750. The monoisotopic (exact) mass is 350 g/mol. The Morgan fingerprint density at radius 1 is 1.12 bits per heavy atom. The van der Waals surface area contributed by atoms with Gasteiger partial charge in [-0.3, -0.25) is 4.79 Å². The molecule has 3 heterocycles. The Morgan fingerprint density at radius 3 is 2.62 bits per heavy atom. The summed E-state index contributed by atoms with van der Waals surface area (Å²) in [5, 5.41) is 6.04. The smallest absolute Gasteiger partial charge is 0.246 e. The molecule has 1 saturated heterocycles. The van der Waals surface area contributed by atoms with E-state index in [1.54, 1.807) is 11.2 Å². The number of nitrogens with zero attached hydrogens (tertiary/aromatic N) is 5. The molecule has 1 fully saturated rings. The Bertz CT molecular complexity index is 801. The van der Waals surface area contributed by atoms with Crippen LogP contribution in [0.4, 0.5) is 11.8 Å². The van der Waals surface area contributed by atoms with E-state index in [1.807, 2.05) is 30.5 Å². The number of hydrogen-bond donors (Lipinski definition) is 1. The molecule has 0 aliphatic carbocycles. The van der Waals surface area contributed by atoms with Crippen molar-refractivity contribution in [3.8, 4) is 0 Å². The van der Waals surface area contributed by atoms with Crippen LogP contribution in [0.1, 0.15) is 30.9 Å². The maximum absolute atomic E-state index is 13.0. The van der Waals surface area contributed by atoms with Crippen molar-refractivity contribution in [2.24, 2.45) is 11.0 Å². The van der Waals surface area contributed by atoms with E-state index in [2.05, 4.69) is 32.1 Å². The third kappa shape index (κ3) is 3.24. The highest BCUT2D eigenvalue weighted by atomic mass is 16.2. The maximum Gasteiger partial charge on any atom is 0.246 e. The topological polar surface area (TPSA) is 87.7 Å². The van der Waals surface area contributed by atoms with Crippen LogP contribution in [0.5, 0.6) is 0 Å². The minimum absolute atomic E-state index is 0.00750. The third-order valence-electron chi connectivity index (χ3n) is 5.07. The second-order valence-corrected chi connectivity index (χ2v) is 6.68. The van der Waals surface area contributed by atoms with Gasteiger partial charge in [0.2, 0.25) is 11.9 Å². The maximum atomic E-state index is 13.0. The van der Waals surface area contributed by atoms with Crippen molar-refractivity contribution >= 4 is 23.9 Å². The third-order valence-corrected chi connectivity index (χ3v) is 5.07. The lowest BCUT2D eigenvalue weighted by molar-refractivity contribution is -0.138. The number of piperidine rings is 1. The summed E-state index contributed by atoms with van der Waals surface area (Å²) in [7, 11) is 0. The zero-order chi connectivity index (χ0) is 17.9. The summed E-state index contributed by atoms with van der Waals surface area (Å²) in [6.45, 7) is 1.56. The van der Waals surface area contributed by atoms with E-state index in [0.29, 0.717) is 0 Å². The zero-order valence-electron chi connectivity index (χ0n) is 14.5. The minimum Gasteiger partial charge on any atom is -0.368 e. The normalized spacial score (nSPS) is 20.5. The average Bonchev–Trinajstić information content (AvgIpc) is 3.18. The molecule has 7 heteroatoms. The molecule has 2 aliphatic rings. The molecule has 1 unspecified atom stereocenters. The number of nitrogen functional groups attached to an aromatic ring is 1. The van der Waals surface area contributed by atoms with Crippen LogP contribution in [0, 0.1) is 5.92 Å². The molecule has 7 nitrogen and oxygen atoms in total. The van der Waals surface area contributed by atoms with Crippen molar-refractivity contribution in [3.05, 3.63) is 48.2 Å². The Kier molecular flexibility index (Phi) is 4.51. The summed E-state index contributed by atoms with van der Waals surface area (Å²) in [6, 6.07) is 12.0. The highest BCUT2D eigenvalue weighted by molar-refractivity contribution is 5.82. The molecule has 0 saturated carbocycles. The van der Waals surface area contributed by atoms with Gasteiger partial charge in [0.05, 0.1) is 6.04 Å². The molecule has 2 aliphatic heterocycles. The number of hydrazone groups is 1. The van der Waals surface area contributed by atoms with Crippen LogP contribution in [-0.2, 0) is 4.79 Å². The van der Waals surface area contributed by atoms with Gasteiger partial charge in [0, 0.05) is 37.8 Å². The molecule has 1 aromatic carbocycles. The fraction of sp³-hybridized carbons (Fsp3) is 0.368. The Balaban J connectivity index is 1.41. The molecule has 1 atom stereocenters. The average molecular weight is 350 g/mol. The molecule has 2 aromatic rings. The number of amides is 1. The van der Waals surface area contributed by atoms with Crippen molar-refractivity contribution in [3.63, 3.8) is 0 Å². The van der Waals surface area contributed by atoms with Crippen LogP contribution in [-0.4, -0.2) is 40.2 Å². The van der Waals surface area contributed by atoms with Crippen LogP contribution >= 0.6 is 0 Å². The summed E-state index contributed by atoms with van der Waals surface area (Å²) in [6.07, 6.45) is 5.86. The van der Waals surface area contributed by atoms with Gasteiger partial charge in [-0.05, 0) is 24.5 Å². The van der Waals surface area contributed by atoms with Gasteiger partial charge < -0.3 is 10.6 Å². The van der Waals surface area contributed by atoms with Gasteiger partial charge in [-0.2, -0.15) is 10.1 Å². The lowest BCUT2D eigenvalue weighted by Crippen LogP contribution is -2.41. The highest BCUT2D eigenvalue weighted by Crippen LogP contribution is 2.32. The summed E-state index contributed by atoms with van der Waals surface area (Å²) in [5.74, 6) is 1.21. The fourth-order valence-corrected chi connectivity index (χ4v) is 3.66. The van der Waals surface area contributed by atoms with Crippen molar-refractivity contribution in [1.82, 2.24) is 15.0 Å². The first-order valence-electron chi connectivity index (χ1n) is 8.96. The number of anilines is 2. The standard InChI is InChI=1S/C19H22N6O/c20-19-21-10-7-17(23-19)24-12-8-15(9-13-24)18(26)25-16(6-11-22-25)14-4-2-1-3-5-14/h1-5,7,10-11,15-16H,6,8-9,12-13H2,(H2,20,21,23). The molecule has 2 N–H and O–H groups in total. The molecule has 0 bridgehead atoms. The highest BCUT2D eigenvalue weighted by Gasteiger charge is 2.34. The van der Waals surface area contributed by atoms with Gasteiger partial charge in [0.25, 0.3) is 0 Å². The second-order valence-electron chi connectivity index (χ2n) is 6.68. The number of hydrogen-bond acceptors (Lipinski definition) is 6. The van der Waals surface area contributed by atoms with E-state index < -0.39 is 0 Å². The predicted octanol–water partition coefficient (Wildman–Crippen LogP) is 2.23. The number of carbonyl (C=O) groups excluding carboxylic acids is 1. The lowest BCUT2D eigenvalue weighted by atomic mass is 9.94. The van der Waals surface area contributed by atoms with Crippen molar-refractivity contribution in [2.75, 3.05) is 23.7 Å². The van der Waals surface area contributed by atoms with E-state index in [1.165, 1.54) is 0 Å². The predicted molar refractivity (Wildman–Crippen MR) is 101 cm³/mol. The summed E-state index contributed by atoms with van der Waals surface area (Å²) in [5.41, 5.74) is 6.80. The van der Waals surface area contributed by atoms with E-state index in [0.717, 1.165) is 43.7 Å². The SMILES string of the molecule is Nc1nccc(N2CCC(C(=O)N3N=CCC3c3ccccc3)CC2)n1. The fourth-order valence-electron chi connectivity index (χ4n) is 3.66. The molecule has 26 heavy (non-hydrogen) atoms. The molecular formula is C19H22N6O. The number of benzene rings is 1. The zero-order valence-corrected chi connectivity index (χ0v) is 14.5. The first-order valence-corrected chi connectivity index (χ1v) is 8.96. The van der Waals surface area contributed by atoms with E-state index in [9.17, 15) is 4.79 Å². The Morgan fingerprint density at radius 2 is 1.88 bits per heavy atom. The van der Waals surface area contributed by atoms with Crippen molar-refractivity contribution in [2.45, 2.75) is 25.3 Å². The number of carbonyl (C=O) groups is 1. The molecule has 4 rings (SSSR count). The number of aromatic nitrogens is 2. The van der Waals surface area contributed by atoms with Crippen LogP contribution in [0.25, 0.3) is 0 Å². The molecule has 134 valence electrons. The molecule has 1 aromatic heterocycles. The van der Waals surface area contributed by atoms with Gasteiger partial charge in [0.1, 0.15) is 5.82 Å². The second kappa shape index (κ2) is 7.11. The van der Waals surface area contributed by atoms with Crippen LogP contribution in [0.2, 0.25) is 0 Å². The summed E-state index contributed by atoms with van der Waals surface area (Å²) in [4.78, 5) is 23.4. The van der Waals surface area contributed by atoms with Crippen molar-refractivity contribution < 1.29 is 4.79 Å². The molecule has 1 amide bonds. The first kappa shape index (κ1) is 16.5. The quantitative estimate of drug-likeness (QED) is 0.917. The molecular weight excluding hydrogens is 328 g/mol. The van der Waals surface area contributed by atoms with Crippen LogP contribution < -0.4 is 10.6 Å². The van der Waals surface area contributed by atoms with Gasteiger partial charge in [-0.1, -0.05) is 30.3 Å². The Labute approximate surface area is 152 Å². The van der Waals surface area contributed by atoms with E-state index in [4.69, 9.17) is 5.73 Å². The van der Waals surface area contributed by atoms with Gasteiger partial charge in [-0.25, -0.2) is 9.99 Å². The molecule has 0 radical (unpaired) electrons. The first-order chi connectivity index (χ1) is 12.7. The molecule has 0 spiro atoms. The van der Waals surface area contributed by atoms with Crippen LogP contribution in [0.3, 0.4) is 0 Å². The van der Waals surface area contributed by atoms with E-state index in [-0.39, 0.29) is 23.8 Å². The van der Waals surface area contributed by atoms with Gasteiger partial charge in [0.15, 0.2) is 0 Å².